The molecule has 0 saturated carbocycles. The number of nitrogens with zero attached hydrogens (tertiary/aromatic N) is 1. The number of aryl methyl sites for hydroxylation is 2. The number of para-hydroxylation sites is 1. The number of nitrogens with one attached hydrogen (secondary N) is 2. The maximum absolute atomic E-state index is 4.43. The molecular formula is C26H35N3S2. The maximum atomic E-state index is 4.43. The summed E-state index contributed by atoms with van der Waals surface area (Å²) < 4.78 is 5.81. The van der Waals surface area contributed by atoms with Crippen LogP contribution in [-0.4, -0.2) is 10.8 Å². The van der Waals surface area contributed by atoms with E-state index in [0.29, 0.717) is 5.92 Å². The first kappa shape index (κ1) is 23.7. The van der Waals surface area contributed by atoms with Crippen molar-refractivity contribution in [2.24, 2.45) is 13.0 Å². The van der Waals surface area contributed by atoms with E-state index in [-0.39, 0.29) is 0 Å². The van der Waals surface area contributed by atoms with Gasteiger partial charge in [0.25, 0.3) is 0 Å². The molecule has 1 heterocycles. The van der Waals surface area contributed by atoms with Gasteiger partial charge in [-0.1, -0.05) is 63.3 Å². The van der Waals surface area contributed by atoms with Crippen molar-refractivity contribution in [3.8, 4) is 0 Å². The molecule has 5 heteroatoms. The molecule has 0 aliphatic heterocycles. The Morgan fingerprint density at radius 2 is 1.84 bits per heavy atom. The lowest BCUT2D eigenvalue weighted by Gasteiger charge is -2.20. The summed E-state index contributed by atoms with van der Waals surface area (Å²) in [5.74, 6) is 0.607. The van der Waals surface area contributed by atoms with Gasteiger partial charge in [-0.15, -0.1) is 0 Å². The molecule has 0 spiro atoms. The highest BCUT2D eigenvalue weighted by molar-refractivity contribution is 8.76. The third-order valence-corrected chi connectivity index (χ3v) is 6.88. The molecule has 0 bridgehead atoms. The number of rotatable bonds is 10. The summed E-state index contributed by atoms with van der Waals surface area (Å²) in [4.78, 5) is 0. The Balaban J connectivity index is 2.01. The molecule has 0 aliphatic carbocycles. The molecule has 0 radical (unpaired) electrons. The van der Waals surface area contributed by atoms with E-state index in [0.717, 1.165) is 36.3 Å². The van der Waals surface area contributed by atoms with Gasteiger partial charge in [-0.05, 0) is 66.3 Å². The van der Waals surface area contributed by atoms with Crippen LogP contribution >= 0.6 is 21.8 Å². The molecule has 31 heavy (non-hydrogen) atoms. The zero-order valence-corrected chi connectivity index (χ0v) is 21.3. The molecule has 0 amide bonds. The largest absolute Gasteiger partial charge is 0.354 e. The van der Waals surface area contributed by atoms with Gasteiger partial charge >= 0.3 is 0 Å². The van der Waals surface area contributed by atoms with E-state index in [9.17, 15) is 0 Å². The summed E-state index contributed by atoms with van der Waals surface area (Å²) in [6, 6.07) is 13.4. The van der Waals surface area contributed by atoms with Crippen LogP contribution in [0.15, 0.2) is 43.0 Å². The van der Waals surface area contributed by atoms with Crippen molar-refractivity contribution in [2.45, 2.75) is 47.0 Å². The molecule has 0 saturated heterocycles. The summed E-state index contributed by atoms with van der Waals surface area (Å²) in [5, 5.41) is 4.94. The Hall–Kier alpha value is -1.98. The average molecular weight is 454 g/mol. The third-order valence-electron chi connectivity index (χ3n) is 5.66. The van der Waals surface area contributed by atoms with Crippen LogP contribution in [0.2, 0.25) is 0 Å². The van der Waals surface area contributed by atoms with Gasteiger partial charge in [-0.25, -0.2) is 0 Å². The molecule has 3 nitrogen and oxygen atoms in total. The van der Waals surface area contributed by atoms with Crippen molar-refractivity contribution in [3.63, 3.8) is 0 Å². The number of anilines is 2. The van der Waals surface area contributed by atoms with Crippen molar-refractivity contribution in [3.05, 3.63) is 65.4 Å². The minimum atomic E-state index is 0.607. The van der Waals surface area contributed by atoms with E-state index in [1.165, 1.54) is 33.3 Å². The molecule has 3 aromatic rings. The summed E-state index contributed by atoms with van der Waals surface area (Å²) in [7, 11) is 5.53. The van der Waals surface area contributed by atoms with Crippen molar-refractivity contribution in [1.82, 2.24) is 4.57 Å². The fourth-order valence-electron chi connectivity index (χ4n) is 4.29. The van der Waals surface area contributed by atoms with Crippen LogP contribution in [-0.2, 0) is 26.3 Å². The molecular weight excluding hydrogens is 418 g/mol. The maximum Gasteiger partial charge on any atom is 0.0648 e. The third kappa shape index (κ3) is 5.27. The minimum absolute atomic E-state index is 0.607. The second-order valence-electron chi connectivity index (χ2n) is 8.37. The quantitative estimate of drug-likeness (QED) is 0.241. The van der Waals surface area contributed by atoms with Gasteiger partial charge in [-0.3, -0.25) is 0 Å². The average Bonchev–Trinajstić information content (AvgIpc) is 3.08. The van der Waals surface area contributed by atoms with Gasteiger partial charge in [0.15, 0.2) is 0 Å². The van der Waals surface area contributed by atoms with Crippen LogP contribution in [0.1, 0.15) is 50.1 Å². The number of benzene rings is 2. The van der Waals surface area contributed by atoms with Crippen LogP contribution < -0.4 is 10.0 Å². The highest BCUT2D eigenvalue weighted by atomic mass is 33.1. The Kier molecular flexibility index (Phi) is 8.06. The van der Waals surface area contributed by atoms with Crippen molar-refractivity contribution >= 4 is 49.7 Å². The fourth-order valence-corrected chi connectivity index (χ4v) is 5.17. The number of fused-ring (bicyclic) bond motifs is 1. The summed E-state index contributed by atoms with van der Waals surface area (Å²) in [6.45, 7) is 13.4. The zero-order chi connectivity index (χ0) is 22.5. The Morgan fingerprint density at radius 1 is 1.10 bits per heavy atom. The van der Waals surface area contributed by atoms with Crippen LogP contribution in [0.25, 0.3) is 16.6 Å². The van der Waals surface area contributed by atoms with Gasteiger partial charge in [0.1, 0.15) is 0 Å². The molecule has 0 atom stereocenters. The van der Waals surface area contributed by atoms with E-state index in [4.69, 9.17) is 0 Å². The molecule has 0 unspecified atom stereocenters. The van der Waals surface area contributed by atoms with E-state index in [1.54, 1.807) is 21.8 Å². The first-order chi connectivity index (χ1) is 14.9. The number of hydrogen-bond donors (Lipinski definition) is 2. The van der Waals surface area contributed by atoms with Gasteiger partial charge in [-0.2, -0.15) is 0 Å². The van der Waals surface area contributed by atoms with E-state index in [2.05, 4.69) is 98.6 Å². The minimum Gasteiger partial charge on any atom is -0.354 e. The molecule has 1 aromatic heterocycles. The normalized spacial score (nSPS) is 11.3. The Morgan fingerprint density at radius 3 is 2.48 bits per heavy atom. The number of aromatic nitrogens is 1. The Bertz CT molecular complexity index is 1070. The molecule has 2 aromatic carbocycles. The van der Waals surface area contributed by atoms with E-state index >= 15 is 0 Å². The van der Waals surface area contributed by atoms with Crippen molar-refractivity contribution in [1.29, 1.82) is 0 Å². The predicted molar refractivity (Wildman–Crippen MR) is 144 cm³/mol. The number of hydrogen-bond acceptors (Lipinski definition) is 4. The summed E-state index contributed by atoms with van der Waals surface area (Å²) in [5.41, 5.74) is 9.70. The van der Waals surface area contributed by atoms with Gasteiger partial charge in [0.2, 0.25) is 0 Å². The predicted octanol–water partition coefficient (Wildman–Crippen LogP) is 7.92. The zero-order valence-electron chi connectivity index (χ0n) is 19.6. The van der Waals surface area contributed by atoms with Gasteiger partial charge in [0, 0.05) is 29.1 Å². The first-order valence-electron chi connectivity index (χ1n) is 11.0. The van der Waals surface area contributed by atoms with Crippen molar-refractivity contribution < 1.29 is 0 Å². The molecule has 2 N–H and O–H groups in total. The second kappa shape index (κ2) is 10.6. The highest BCUT2D eigenvalue weighted by Gasteiger charge is 2.15. The van der Waals surface area contributed by atoms with Gasteiger partial charge in [0.05, 0.1) is 22.6 Å². The topological polar surface area (TPSA) is 29.0 Å². The van der Waals surface area contributed by atoms with Crippen LogP contribution in [0, 0.1) is 5.92 Å². The van der Waals surface area contributed by atoms with E-state index < -0.39 is 0 Å². The monoisotopic (exact) mass is 453 g/mol. The summed E-state index contributed by atoms with van der Waals surface area (Å²) in [6.07, 6.45) is 5.11. The smallest absolute Gasteiger partial charge is 0.0648 e. The molecule has 3 rings (SSSR count). The van der Waals surface area contributed by atoms with Crippen LogP contribution in [0.3, 0.4) is 0 Å². The first-order valence-corrected chi connectivity index (χ1v) is 13.6. The molecule has 166 valence electrons. The lowest BCUT2D eigenvalue weighted by atomic mass is 9.98. The summed E-state index contributed by atoms with van der Waals surface area (Å²) >= 11 is 0. The SMILES string of the molecule is C=C(Nc1cc(CC(C)C)cc(NSSC)c1CC)c1cc2cccc(CC)c2n1C. The highest BCUT2D eigenvalue weighted by Crippen LogP contribution is 2.35. The standard InChI is InChI=1S/C26H35N3S2/c1-8-20-11-10-12-21-16-25(29(6)26(20)21)18(5)27-23-14-19(13-17(3)4)15-24(22(23)9-2)28-31-30-7/h10-12,14-17,27-28H,5,8-9,13H2,1-4,6-7H3. The second-order valence-corrected chi connectivity index (χ2v) is 10.6. The van der Waals surface area contributed by atoms with Crippen LogP contribution in [0.4, 0.5) is 11.4 Å². The molecule has 0 fully saturated rings. The Labute approximate surface area is 195 Å². The lowest BCUT2D eigenvalue weighted by Crippen LogP contribution is -2.07. The van der Waals surface area contributed by atoms with Crippen molar-refractivity contribution in [2.75, 3.05) is 16.3 Å². The fraction of sp³-hybridized carbons (Fsp3) is 0.385. The van der Waals surface area contributed by atoms with E-state index in [1.807, 2.05) is 0 Å². The van der Waals surface area contributed by atoms with Gasteiger partial charge < -0.3 is 14.6 Å². The molecule has 0 aliphatic rings. The lowest BCUT2D eigenvalue weighted by molar-refractivity contribution is 0.647. The van der Waals surface area contributed by atoms with Crippen LogP contribution in [0.5, 0.6) is 0 Å².